The Hall–Kier alpha value is -1.72. The number of carbonyl (C=O) groups is 1. The molecule has 2 aromatic rings. The van der Waals surface area contributed by atoms with Gasteiger partial charge in [0.1, 0.15) is 0 Å². The molecule has 0 aliphatic carbocycles. The summed E-state index contributed by atoms with van der Waals surface area (Å²) in [4.78, 5) is 16.1. The molecule has 0 spiro atoms. The Labute approximate surface area is 145 Å². The van der Waals surface area contributed by atoms with Gasteiger partial charge in [0.05, 0.1) is 12.4 Å². The van der Waals surface area contributed by atoms with E-state index in [1.165, 1.54) is 0 Å². The number of halogens is 1. The number of carbonyl (C=O) groups excluding carboxylic acids is 1. The number of thioether (sulfide) groups is 1. The first kappa shape index (κ1) is 17.6. The van der Waals surface area contributed by atoms with E-state index >= 15 is 0 Å². The van der Waals surface area contributed by atoms with Crippen molar-refractivity contribution in [1.82, 2.24) is 10.3 Å². The van der Waals surface area contributed by atoms with E-state index in [-0.39, 0.29) is 5.91 Å². The molecule has 4 nitrogen and oxygen atoms in total. The molecule has 0 unspecified atom stereocenters. The van der Waals surface area contributed by atoms with Gasteiger partial charge in [-0.3, -0.25) is 4.79 Å². The highest BCUT2D eigenvalue weighted by molar-refractivity contribution is 7.99. The van der Waals surface area contributed by atoms with Crippen molar-refractivity contribution in [1.29, 1.82) is 0 Å². The van der Waals surface area contributed by atoms with Gasteiger partial charge in [-0.2, -0.15) is 0 Å². The number of hydrogen-bond acceptors (Lipinski definition) is 4. The Bertz CT molecular complexity index is 652. The SMILES string of the molecule is CCOc1ncccc1CNC(=O)CSCc1cccc(Cl)c1. The first-order valence-electron chi connectivity index (χ1n) is 7.34. The lowest BCUT2D eigenvalue weighted by Gasteiger charge is -2.09. The van der Waals surface area contributed by atoms with Crippen LogP contribution in [0, 0.1) is 0 Å². The summed E-state index contributed by atoms with van der Waals surface area (Å²) in [7, 11) is 0. The molecule has 2 rings (SSSR count). The van der Waals surface area contributed by atoms with Gasteiger partial charge < -0.3 is 10.1 Å². The fraction of sp³-hybridized carbons (Fsp3) is 0.294. The lowest BCUT2D eigenvalue weighted by Crippen LogP contribution is -2.25. The Balaban J connectivity index is 1.75. The second-order valence-electron chi connectivity index (χ2n) is 4.80. The van der Waals surface area contributed by atoms with Crippen LogP contribution in [0.4, 0.5) is 0 Å². The van der Waals surface area contributed by atoms with E-state index < -0.39 is 0 Å². The zero-order valence-electron chi connectivity index (χ0n) is 12.9. The summed E-state index contributed by atoms with van der Waals surface area (Å²) in [6, 6.07) is 11.4. The third-order valence-corrected chi connectivity index (χ3v) is 4.24. The zero-order valence-corrected chi connectivity index (χ0v) is 14.5. The smallest absolute Gasteiger partial charge is 0.230 e. The van der Waals surface area contributed by atoms with Crippen molar-refractivity contribution in [2.75, 3.05) is 12.4 Å². The summed E-state index contributed by atoms with van der Waals surface area (Å²) in [5, 5.41) is 3.60. The van der Waals surface area contributed by atoms with E-state index in [0.29, 0.717) is 29.8 Å². The zero-order chi connectivity index (χ0) is 16.5. The minimum Gasteiger partial charge on any atom is -0.478 e. The molecule has 0 atom stereocenters. The van der Waals surface area contributed by atoms with Crippen molar-refractivity contribution in [3.05, 3.63) is 58.7 Å². The van der Waals surface area contributed by atoms with Crippen LogP contribution in [0.2, 0.25) is 5.02 Å². The van der Waals surface area contributed by atoms with E-state index in [0.717, 1.165) is 16.9 Å². The number of ether oxygens (including phenoxy) is 1. The van der Waals surface area contributed by atoms with Crippen LogP contribution < -0.4 is 10.1 Å². The van der Waals surface area contributed by atoms with Crippen molar-refractivity contribution in [2.45, 2.75) is 19.2 Å². The molecule has 1 heterocycles. The first-order valence-corrected chi connectivity index (χ1v) is 8.88. The Kier molecular flexibility index (Phi) is 7.23. The van der Waals surface area contributed by atoms with Crippen LogP contribution in [0.25, 0.3) is 0 Å². The summed E-state index contributed by atoms with van der Waals surface area (Å²) >= 11 is 7.49. The van der Waals surface area contributed by atoms with E-state index in [1.54, 1.807) is 18.0 Å². The van der Waals surface area contributed by atoms with Gasteiger partial charge in [-0.15, -0.1) is 11.8 Å². The molecule has 0 saturated carbocycles. The van der Waals surface area contributed by atoms with Gasteiger partial charge in [0.2, 0.25) is 11.8 Å². The average molecular weight is 351 g/mol. The number of hydrogen-bond donors (Lipinski definition) is 1. The van der Waals surface area contributed by atoms with Crippen LogP contribution in [0.15, 0.2) is 42.6 Å². The summed E-state index contributed by atoms with van der Waals surface area (Å²) in [5.74, 6) is 1.71. The van der Waals surface area contributed by atoms with Gasteiger partial charge in [-0.25, -0.2) is 4.98 Å². The Morgan fingerprint density at radius 2 is 2.22 bits per heavy atom. The summed E-state index contributed by atoms with van der Waals surface area (Å²) in [5.41, 5.74) is 1.99. The van der Waals surface area contributed by atoms with Gasteiger partial charge in [0.25, 0.3) is 0 Å². The van der Waals surface area contributed by atoms with Crippen molar-refractivity contribution in [2.24, 2.45) is 0 Å². The van der Waals surface area contributed by atoms with Crippen molar-refractivity contribution >= 4 is 29.3 Å². The molecular formula is C17H19ClN2O2S. The van der Waals surface area contributed by atoms with E-state index in [4.69, 9.17) is 16.3 Å². The van der Waals surface area contributed by atoms with Gasteiger partial charge in [-0.05, 0) is 30.7 Å². The third-order valence-electron chi connectivity index (χ3n) is 3.00. The molecule has 0 aliphatic rings. The molecule has 1 aromatic carbocycles. The first-order chi connectivity index (χ1) is 11.2. The molecule has 1 N–H and O–H groups in total. The number of aromatic nitrogens is 1. The summed E-state index contributed by atoms with van der Waals surface area (Å²) in [6.07, 6.45) is 1.68. The molecular weight excluding hydrogens is 332 g/mol. The number of nitrogens with one attached hydrogen (secondary N) is 1. The highest BCUT2D eigenvalue weighted by atomic mass is 35.5. The maximum Gasteiger partial charge on any atom is 0.230 e. The Morgan fingerprint density at radius 3 is 3.00 bits per heavy atom. The fourth-order valence-electron chi connectivity index (χ4n) is 1.96. The molecule has 23 heavy (non-hydrogen) atoms. The van der Waals surface area contributed by atoms with Gasteiger partial charge in [0.15, 0.2) is 0 Å². The summed E-state index contributed by atoms with van der Waals surface area (Å²) in [6.45, 7) is 2.87. The van der Waals surface area contributed by atoms with Crippen molar-refractivity contribution < 1.29 is 9.53 Å². The predicted molar refractivity (Wildman–Crippen MR) is 94.9 cm³/mol. The second-order valence-corrected chi connectivity index (χ2v) is 6.22. The molecule has 1 aromatic heterocycles. The maximum absolute atomic E-state index is 11.9. The number of rotatable bonds is 8. The molecule has 6 heteroatoms. The minimum atomic E-state index is -0.0108. The number of benzene rings is 1. The molecule has 0 bridgehead atoms. The fourth-order valence-corrected chi connectivity index (χ4v) is 2.98. The lowest BCUT2D eigenvalue weighted by atomic mass is 10.2. The number of nitrogens with zero attached hydrogens (tertiary/aromatic N) is 1. The van der Waals surface area contributed by atoms with Crippen LogP contribution >= 0.6 is 23.4 Å². The molecule has 0 saturated heterocycles. The minimum absolute atomic E-state index is 0.0108. The Morgan fingerprint density at radius 1 is 1.35 bits per heavy atom. The molecule has 0 radical (unpaired) electrons. The highest BCUT2D eigenvalue weighted by Crippen LogP contribution is 2.17. The normalized spacial score (nSPS) is 10.3. The monoisotopic (exact) mass is 350 g/mol. The van der Waals surface area contributed by atoms with Gasteiger partial charge in [-0.1, -0.05) is 29.8 Å². The molecule has 0 fully saturated rings. The average Bonchev–Trinajstić information content (AvgIpc) is 2.54. The van der Waals surface area contributed by atoms with Crippen LogP contribution in [-0.2, 0) is 17.1 Å². The van der Waals surface area contributed by atoms with E-state index in [2.05, 4.69) is 10.3 Å². The number of pyridine rings is 1. The topological polar surface area (TPSA) is 51.2 Å². The quantitative estimate of drug-likeness (QED) is 0.789. The van der Waals surface area contributed by atoms with E-state index in [1.807, 2.05) is 43.3 Å². The second kappa shape index (κ2) is 9.43. The molecule has 1 amide bonds. The van der Waals surface area contributed by atoms with Crippen molar-refractivity contribution in [3.8, 4) is 5.88 Å². The van der Waals surface area contributed by atoms with E-state index in [9.17, 15) is 4.79 Å². The molecule has 122 valence electrons. The van der Waals surface area contributed by atoms with Gasteiger partial charge in [0, 0.05) is 29.1 Å². The van der Waals surface area contributed by atoms with Crippen molar-refractivity contribution in [3.63, 3.8) is 0 Å². The van der Waals surface area contributed by atoms with Crippen LogP contribution in [0.1, 0.15) is 18.1 Å². The number of amides is 1. The maximum atomic E-state index is 11.9. The summed E-state index contributed by atoms with van der Waals surface area (Å²) < 4.78 is 5.44. The van der Waals surface area contributed by atoms with Crippen LogP contribution in [-0.4, -0.2) is 23.3 Å². The van der Waals surface area contributed by atoms with Crippen LogP contribution in [0.3, 0.4) is 0 Å². The molecule has 0 aliphatic heterocycles. The third kappa shape index (κ3) is 6.12. The predicted octanol–water partition coefficient (Wildman–Crippen LogP) is 3.68. The standard InChI is InChI=1S/C17H19ClN2O2S/c1-2-22-17-14(6-4-8-19-17)10-20-16(21)12-23-11-13-5-3-7-15(18)9-13/h3-9H,2,10-12H2,1H3,(H,20,21). The largest absolute Gasteiger partial charge is 0.478 e. The highest BCUT2D eigenvalue weighted by Gasteiger charge is 2.07. The van der Waals surface area contributed by atoms with Crippen LogP contribution in [0.5, 0.6) is 5.88 Å². The van der Waals surface area contributed by atoms with Gasteiger partial charge >= 0.3 is 0 Å². The lowest BCUT2D eigenvalue weighted by molar-refractivity contribution is -0.118.